The topological polar surface area (TPSA) is 175 Å². The largest absolute Gasteiger partial charge is 0.416 e. The highest BCUT2D eigenvalue weighted by Gasteiger charge is 2.31. The number of carbonyl (C=O) groups is 1. The van der Waals surface area contributed by atoms with E-state index in [0.29, 0.717) is 11.1 Å². The fourth-order valence-electron chi connectivity index (χ4n) is 3.64. The summed E-state index contributed by atoms with van der Waals surface area (Å²) in [6.07, 6.45) is -2.57. The molecule has 0 aliphatic heterocycles. The molecule has 1 amide bonds. The molecule has 40 heavy (non-hydrogen) atoms. The molecule has 6 N–H and O–H groups in total. The van der Waals surface area contributed by atoms with Crippen molar-refractivity contribution in [2.24, 2.45) is 10.1 Å². The summed E-state index contributed by atoms with van der Waals surface area (Å²) in [6.45, 7) is 3.05. The first-order chi connectivity index (χ1) is 18.5. The van der Waals surface area contributed by atoms with E-state index >= 15 is 0 Å². The molecule has 0 saturated carbocycles. The Morgan fingerprint density at radius 1 is 1.15 bits per heavy atom. The lowest BCUT2D eigenvalue weighted by molar-refractivity contribution is -0.137. The van der Waals surface area contributed by atoms with Crippen molar-refractivity contribution < 1.29 is 26.4 Å². The lowest BCUT2D eigenvalue weighted by Gasteiger charge is -2.17. The Morgan fingerprint density at radius 3 is 2.38 bits per heavy atom. The minimum Gasteiger partial charge on any atom is -0.399 e. The summed E-state index contributed by atoms with van der Waals surface area (Å²) in [7, 11) is -3.68. The SMILES string of the molecule is CC(C)Nc1ncc(-c2cc(N)cc(C(F)(F)F)c2)n(CC(=O)NCc2ccc(C(N)=NS(C)(=O)=O)cc2)c1=O. The summed E-state index contributed by atoms with van der Waals surface area (Å²) in [5.41, 5.74) is 10.4. The van der Waals surface area contributed by atoms with E-state index in [-0.39, 0.29) is 41.2 Å². The first kappa shape index (κ1) is 30.1. The van der Waals surface area contributed by atoms with Crippen LogP contribution in [0.3, 0.4) is 0 Å². The van der Waals surface area contributed by atoms with Crippen LogP contribution in [0.25, 0.3) is 11.3 Å². The second-order valence-electron chi connectivity index (χ2n) is 9.21. The standard InChI is InChI=1S/C25H28F3N7O4S/c1-14(2)33-23-24(37)35(20(12-32-23)17-8-18(25(26,27)28)10-19(29)9-17)13-21(36)31-11-15-4-6-16(7-5-15)22(30)34-40(3,38)39/h4-10,12,14H,11,13,29H2,1-3H3,(H2,30,34)(H,31,36)(H,32,33). The Balaban J connectivity index is 1.89. The molecule has 0 spiro atoms. The molecular formula is C25H28F3N7O4S. The van der Waals surface area contributed by atoms with E-state index in [2.05, 4.69) is 20.0 Å². The Hall–Kier alpha value is -4.40. The van der Waals surface area contributed by atoms with Gasteiger partial charge in [-0.3, -0.25) is 14.2 Å². The van der Waals surface area contributed by atoms with Crippen LogP contribution in [0.5, 0.6) is 0 Å². The van der Waals surface area contributed by atoms with Gasteiger partial charge in [0.05, 0.1) is 23.7 Å². The summed E-state index contributed by atoms with van der Waals surface area (Å²) in [5, 5.41) is 5.51. The third kappa shape index (κ3) is 8.05. The summed E-state index contributed by atoms with van der Waals surface area (Å²) in [4.78, 5) is 30.1. The maximum Gasteiger partial charge on any atom is 0.416 e. The highest BCUT2D eigenvalue weighted by molar-refractivity contribution is 7.89. The molecule has 1 aromatic heterocycles. The maximum atomic E-state index is 13.4. The van der Waals surface area contributed by atoms with Gasteiger partial charge in [0.2, 0.25) is 5.91 Å². The van der Waals surface area contributed by atoms with Gasteiger partial charge >= 0.3 is 6.18 Å². The molecule has 0 fully saturated rings. The number of nitrogens with zero attached hydrogens (tertiary/aromatic N) is 3. The van der Waals surface area contributed by atoms with Crippen molar-refractivity contribution in [1.82, 2.24) is 14.9 Å². The number of amides is 1. The van der Waals surface area contributed by atoms with E-state index in [0.717, 1.165) is 23.0 Å². The van der Waals surface area contributed by atoms with Crippen LogP contribution in [0.2, 0.25) is 0 Å². The smallest absolute Gasteiger partial charge is 0.399 e. The number of hydrogen-bond donors (Lipinski definition) is 4. The molecule has 0 aliphatic rings. The molecule has 0 aliphatic carbocycles. The van der Waals surface area contributed by atoms with E-state index < -0.39 is 39.8 Å². The minimum absolute atomic E-state index is 0.0303. The van der Waals surface area contributed by atoms with Crippen molar-refractivity contribution in [3.8, 4) is 11.3 Å². The van der Waals surface area contributed by atoms with E-state index in [1.807, 2.05) is 0 Å². The Kier molecular flexibility index (Phi) is 8.87. The van der Waals surface area contributed by atoms with Gasteiger partial charge < -0.3 is 22.1 Å². The number of alkyl halides is 3. The number of anilines is 2. The number of rotatable bonds is 9. The third-order valence-electron chi connectivity index (χ3n) is 5.36. The number of carbonyl (C=O) groups excluding carboxylic acids is 1. The van der Waals surface area contributed by atoms with Gasteiger partial charge in [-0.05, 0) is 37.6 Å². The molecule has 0 atom stereocenters. The molecule has 15 heteroatoms. The van der Waals surface area contributed by atoms with Crippen LogP contribution >= 0.6 is 0 Å². The molecule has 214 valence electrons. The Labute approximate surface area is 228 Å². The number of amidine groups is 1. The van der Waals surface area contributed by atoms with E-state index in [1.54, 1.807) is 26.0 Å². The molecule has 0 bridgehead atoms. The van der Waals surface area contributed by atoms with Gasteiger partial charge in [-0.2, -0.15) is 13.2 Å². The van der Waals surface area contributed by atoms with Gasteiger partial charge in [0.15, 0.2) is 5.82 Å². The number of nitrogens with one attached hydrogen (secondary N) is 2. The molecule has 3 rings (SSSR count). The van der Waals surface area contributed by atoms with Crippen LogP contribution in [-0.4, -0.2) is 42.0 Å². The molecule has 0 saturated heterocycles. The summed E-state index contributed by atoms with van der Waals surface area (Å²) in [6, 6.07) is 8.93. The van der Waals surface area contributed by atoms with Crippen molar-refractivity contribution in [2.75, 3.05) is 17.3 Å². The summed E-state index contributed by atoms with van der Waals surface area (Å²) >= 11 is 0. The number of hydrogen-bond acceptors (Lipinski definition) is 7. The van der Waals surface area contributed by atoms with E-state index in [4.69, 9.17) is 11.5 Å². The molecule has 11 nitrogen and oxygen atoms in total. The molecule has 0 unspecified atom stereocenters. The zero-order valence-corrected chi connectivity index (χ0v) is 22.6. The predicted molar refractivity (Wildman–Crippen MR) is 146 cm³/mol. The van der Waals surface area contributed by atoms with Crippen molar-refractivity contribution in [3.63, 3.8) is 0 Å². The Morgan fingerprint density at radius 2 is 1.80 bits per heavy atom. The van der Waals surface area contributed by atoms with Crippen LogP contribution in [0, 0.1) is 0 Å². The van der Waals surface area contributed by atoms with E-state index in [9.17, 15) is 31.2 Å². The first-order valence-corrected chi connectivity index (χ1v) is 13.6. The average Bonchev–Trinajstić information content (AvgIpc) is 2.83. The fourth-order valence-corrected chi connectivity index (χ4v) is 4.10. The number of benzene rings is 2. The van der Waals surface area contributed by atoms with Gasteiger partial charge in [0, 0.05) is 29.4 Å². The minimum atomic E-state index is -4.68. The summed E-state index contributed by atoms with van der Waals surface area (Å²) < 4.78 is 67.2. The average molecular weight is 580 g/mol. The van der Waals surface area contributed by atoms with Crippen molar-refractivity contribution >= 4 is 33.3 Å². The molecule has 1 heterocycles. The third-order valence-corrected chi connectivity index (χ3v) is 5.89. The number of aromatic nitrogens is 2. The number of nitrogen functional groups attached to an aromatic ring is 1. The van der Waals surface area contributed by atoms with Gasteiger partial charge in [-0.25, -0.2) is 13.4 Å². The van der Waals surface area contributed by atoms with Crippen LogP contribution < -0.4 is 27.7 Å². The van der Waals surface area contributed by atoms with Crippen LogP contribution in [0.15, 0.2) is 57.9 Å². The molecule has 2 aromatic carbocycles. The van der Waals surface area contributed by atoms with Crippen LogP contribution in [0.4, 0.5) is 24.7 Å². The van der Waals surface area contributed by atoms with Crippen molar-refractivity contribution in [2.45, 2.75) is 39.2 Å². The monoisotopic (exact) mass is 579 g/mol. The second-order valence-corrected chi connectivity index (χ2v) is 10.9. The van der Waals surface area contributed by atoms with Crippen molar-refractivity contribution in [1.29, 1.82) is 0 Å². The van der Waals surface area contributed by atoms with Gasteiger partial charge in [0.1, 0.15) is 12.4 Å². The maximum absolute atomic E-state index is 13.4. The normalized spacial score (nSPS) is 12.4. The molecular weight excluding hydrogens is 551 g/mol. The van der Waals surface area contributed by atoms with Gasteiger partial charge in [-0.15, -0.1) is 4.40 Å². The summed E-state index contributed by atoms with van der Waals surface area (Å²) in [5.74, 6) is -0.869. The molecule has 3 aromatic rings. The van der Waals surface area contributed by atoms with E-state index in [1.165, 1.54) is 24.4 Å². The zero-order chi connectivity index (χ0) is 29.8. The van der Waals surface area contributed by atoms with Gasteiger partial charge in [-0.1, -0.05) is 24.3 Å². The van der Waals surface area contributed by atoms with Crippen LogP contribution in [0.1, 0.15) is 30.5 Å². The number of nitrogens with two attached hydrogens (primary N) is 2. The molecule has 0 radical (unpaired) electrons. The lowest BCUT2D eigenvalue weighted by Crippen LogP contribution is -2.35. The Bertz CT molecular complexity index is 1600. The number of sulfonamides is 1. The first-order valence-electron chi connectivity index (χ1n) is 11.8. The lowest BCUT2D eigenvalue weighted by atomic mass is 10.1. The number of halogens is 3. The quantitative estimate of drug-likeness (QED) is 0.170. The highest BCUT2D eigenvalue weighted by Crippen LogP contribution is 2.34. The predicted octanol–water partition coefficient (Wildman–Crippen LogP) is 2.31. The fraction of sp³-hybridized carbons (Fsp3) is 0.280. The van der Waals surface area contributed by atoms with Crippen molar-refractivity contribution in [3.05, 3.63) is 75.7 Å². The second kappa shape index (κ2) is 11.8. The zero-order valence-electron chi connectivity index (χ0n) is 21.8. The highest BCUT2D eigenvalue weighted by atomic mass is 32.2. The van der Waals surface area contributed by atoms with Crippen LogP contribution in [-0.2, 0) is 34.1 Å². The van der Waals surface area contributed by atoms with Gasteiger partial charge in [0.25, 0.3) is 15.6 Å².